The van der Waals surface area contributed by atoms with E-state index < -0.39 is 0 Å². The summed E-state index contributed by atoms with van der Waals surface area (Å²) in [5, 5.41) is 21.7. The maximum atomic E-state index is 11.8. The summed E-state index contributed by atoms with van der Waals surface area (Å²) in [4.78, 5) is 17.9. The third-order valence-electron chi connectivity index (χ3n) is 6.34. The molecule has 1 saturated carbocycles. The quantitative estimate of drug-likeness (QED) is 0.259. The first-order valence-electron chi connectivity index (χ1n) is 10.6. The summed E-state index contributed by atoms with van der Waals surface area (Å²) in [6.45, 7) is 0.560. The summed E-state index contributed by atoms with van der Waals surface area (Å²) >= 11 is 5.88. The zero-order chi connectivity index (χ0) is 22.7. The molecular formula is C24H25ClN6O. The maximum absolute atomic E-state index is 11.8. The van der Waals surface area contributed by atoms with Gasteiger partial charge in [-0.25, -0.2) is 0 Å². The van der Waals surface area contributed by atoms with Crippen molar-refractivity contribution in [2.75, 3.05) is 6.54 Å². The highest BCUT2D eigenvalue weighted by Gasteiger charge is 2.50. The number of nitrogens with zero attached hydrogens (tertiary/aromatic N) is 3. The molecule has 1 unspecified atom stereocenters. The van der Waals surface area contributed by atoms with Gasteiger partial charge in [-0.2, -0.15) is 5.26 Å². The predicted molar refractivity (Wildman–Crippen MR) is 123 cm³/mol. The van der Waals surface area contributed by atoms with E-state index in [9.17, 15) is 10.1 Å². The number of pyridine rings is 1. The molecule has 32 heavy (non-hydrogen) atoms. The fraction of sp³-hybridized carbons (Fsp3) is 0.333. The number of halogens is 1. The van der Waals surface area contributed by atoms with E-state index in [1.165, 1.54) is 0 Å². The number of nitriles is 1. The zero-order valence-corrected chi connectivity index (χ0v) is 18.4. The highest BCUT2D eigenvalue weighted by molar-refractivity contribution is 6.30. The van der Waals surface area contributed by atoms with Gasteiger partial charge >= 0.3 is 0 Å². The molecule has 2 aliphatic rings. The molecule has 2 fully saturated rings. The van der Waals surface area contributed by atoms with Crippen LogP contribution in [0.15, 0.2) is 54.0 Å². The lowest BCUT2D eigenvalue weighted by atomic mass is 9.96. The molecule has 1 aliphatic heterocycles. The molecule has 7 nitrogen and oxygen atoms in total. The van der Waals surface area contributed by atoms with Gasteiger partial charge in [0.1, 0.15) is 5.82 Å². The minimum Gasteiger partial charge on any atom is -0.385 e. The molecule has 1 aromatic carbocycles. The van der Waals surface area contributed by atoms with Crippen LogP contribution in [0.3, 0.4) is 0 Å². The van der Waals surface area contributed by atoms with Gasteiger partial charge in [0.05, 0.1) is 21.8 Å². The molecule has 0 amide bonds. The van der Waals surface area contributed by atoms with Gasteiger partial charge in [0.2, 0.25) is 0 Å². The monoisotopic (exact) mass is 448 g/mol. The van der Waals surface area contributed by atoms with Crippen LogP contribution in [-0.4, -0.2) is 40.0 Å². The van der Waals surface area contributed by atoms with Gasteiger partial charge < -0.3 is 16.0 Å². The van der Waals surface area contributed by atoms with Crippen molar-refractivity contribution in [3.8, 4) is 6.19 Å². The average molecular weight is 449 g/mol. The Morgan fingerprint density at radius 3 is 2.66 bits per heavy atom. The van der Waals surface area contributed by atoms with Gasteiger partial charge in [0.15, 0.2) is 12.5 Å². The minimum absolute atomic E-state index is 0.0297. The number of hydrogen-bond acceptors (Lipinski definition) is 7. The lowest BCUT2D eigenvalue weighted by Crippen LogP contribution is -2.50. The molecule has 2 aromatic rings. The van der Waals surface area contributed by atoms with Gasteiger partial charge in [0.25, 0.3) is 0 Å². The van der Waals surface area contributed by atoms with Gasteiger partial charge in [-0.15, -0.1) is 0 Å². The molecule has 8 heteroatoms. The van der Waals surface area contributed by atoms with Crippen molar-refractivity contribution in [2.45, 2.75) is 43.7 Å². The van der Waals surface area contributed by atoms with Crippen LogP contribution in [0.2, 0.25) is 5.02 Å². The second-order valence-corrected chi connectivity index (χ2v) is 8.91. The number of carbonyl (C=O) groups is 1. The second kappa shape index (κ2) is 9.01. The molecule has 0 bridgehead atoms. The molecule has 4 N–H and O–H groups in total. The summed E-state index contributed by atoms with van der Waals surface area (Å²) in [5.74, 6) is 0.175. The molecule has 2 heterocycles. The Hall–Kier alpha value is -3.37. The highest BCUT2D eigenvalue weighted by atomic mass is 35.5. The number of nitrogens with one attached hydrogen (secondary N) is 2. The number of nitrogens with two attached hydrogens (primary N) is 1. The Labute approximate surface area is 192 Å². The van der Waals surface area contributed by atoms with Crippen LogP contribution < -0.4 is 11.1 Å². The van der Waals surface area contributed by atoms with Crippen LogP contribution in [-0.2, 0) is 11.2 Å². The Morgan fingerprint density at radius 2 is 2.06 bits per heavy atom. The van der Waals surface area contributed by atoms with Crippen molar-refractivity contribution in [2.24, 2.45) is 5.73 Å². The standard InChI is InChI=1S/C24H25ClN6O/c25-18-5-6-19(29-12-18)11-16-1-3-17(4-2-16)22(27)21(14-32)23(28)30-20-7-8-24(9-10-24)31(13-20)15-26/h1-6,12,14,20,27,30H,7-11,13,28H2/b23-21-,27-22?. The van der Waals surface area contributed by atoms with E-state index in [1.54, 1.807) is 24.4 Å². The van der Waals surface area contributed by atoms with E-state index in [2.05, 4.69) is 16.5 Å². The Bertz CT molecular complexity index is 1080. The number of aromatic nitrogens is 1. The van der Waals surface area contributed by atoms with E-state index in [0.29, 0.717) is 29.8 Å². The van der Waals surface area contributed by atoms with Crippen LogP contribution >= 0.6 is 11.6 Å². The lowest BCUT2D eigenvalue weighted by Gasteiger charge is -2.37. The first-order chi connectivity index (χ1) is 15.4. The fourth-order valence-electron chi connectivity index (χ4n) is 4.23. The number of rotatable bonds is 7. The van der Waals surface area contributed by atoms with Crippen molar-refractivity contribution in [1.82, 2.24) is 15.2 Å². The number of benzene rings is 1. The van der Waals surface area contributed by atoms with Crippen molar-refractivity contribution in [3.05, 3.63) is 75.8 Å². The van der Waals surface area contributed by atoms with Crippen molar-refractivity contribution in [3.63, 3.8) is 0 Å². The summed E-state index contributed by atoms with van der Waals surface area (Å²) in [7, 11) is 0. The van der Waals surface area contributed by atoms with Crippen LogP contribution in [0.1, 0.15) is 42.5 Å². The molecular weight excluding hydrogens is 424 g/mol. The third kappa shape index (κ3) is 4.61. The Kier molecular flexibility index (Phi) is 6.15. The molecule has 0 radical (unpaired) electrons. The minimum atomic E-state index is -0.0297. The highest BCUT2D eigenvalue weighted by Crippen LogP contribution is 2.47. The number of carbonyl (C=O) groups excluding carboxylic acids is 1. The summed E-state index contributed by atoms with van der Waals surface area (Å²) < 4.78 is 0. The number of piperidine rings is 1. The van der Waals surface area contributed by atoms with Gasteiger partial charge in [-0.05, 0) is 43.4 Å². The molecule has 1 saturated heterocycles. The topological polar surface area (TPSA) is 119 Å². The average Bonchev–Trinajstić information content (AvgIpc) is 3.58. The molecule has 164 valence electrons. The fourth-order valence-corrected chi connectivity index (χ4v) is 4.34. The lowest BCUT2D eigenvalue weighted by molar-refractivity contribution is -0.104. The number of aldehydes is 1. The van der Waals surface area contributed by atoms with Gasteiger partial charge in [0, 0.05) is 36.5 Å². The van der Waals surface area contributed by atoms with Crippen LogP contribution in [0.25, 0.3) is 0 Å². The van der Waals surface area contributed by atoms with Crippen molar-refractivity contribution in [1.29, 1.82) is 10.7 Å². The van der Waals surface area contributed by atoms with Crippen molar-refractivity contribution >= 4 is 23.6 Å². The first-order valence-corrected chi connectivity index (χ1v) is 11.0. The van der Waals surface area contributed by atoms with Crippen LogP contribution in [0.4, 0.5) is 0 Å². The van der Waals surface area contributed by atoms with E-state index in [4.69, 9.17) is 22.7 Å². The van der Waals surface area contributed by atoms with E-state index in [-0.39, 0.29) is 28.7 Å². The summed E-state index contributed by atoms with van der Waals surface area (Å²) in [6.07, 6.45) is 9.10. The van der Waals surface area contributed by atoms with Gasteiger partial charge in [-0.3, -0.25) is 15.2 Å². The normalized spacial score (nSPS) is 19.6. The molecule has 1 aliphatic carbocycles. The second-order valence-electron chi connectivity index (χ2n) is 8.48. The number of likely N-dealkylation sites (tertiary alicyclic amines) is 1. The third-order valence-corrected chi connectivity index (χ3v) is 6.56. The zero-order valence-electron chi connectivity index (χ0n) is 17.6. The van der Waals surface area contributed by atoms with Gasteiger partial charge in [-0.1, -0.05) is 35.9 Å². The SMILES string of the molecule is N#CN1CC(N/C(N)=C(/C=O)C(=N)c2ccc(Cc3ccc(Cl)cn3)cc2)CCC12CC2. The first kappa shape index (κ1) is 21.8. The van der Waals surface area contributed by atoms with E-state index >= 15 is 0 Å². The largest absolute Gasteiger partial charge is 0.385 e. The Morgan fingerprint density at radius 1 is 1.31 bits per heavy atom. The Balaban J connectivity index is 1.43. The van der Waals surface area contributed by atoms with Crippen LogP contribution in [0.5, 0.6) is 0 Å². The molecule has 1 aromatic heterocycles. The summed E-state index contributed by atoms with van der Waals surface area (Å²) in [5.41, 5.74) is 8.95. The van der Waals surface area contributed by atoms with Crippen LogP contribution in [0, 0.1) is 16.9 Å². The smallest absolute Gasteiger partial charge is 0.179 e. The predicted octanol–water partition coefficient (Wildman–Crippen LogP) is 3.13. The van der Waals surface area contributed by atoms with E-state index in [1.807, 2.05) is 23.1 Å². The number of allylic oxidation sites excluding steroid dienone is 1. The van der Waals surface area contributed by atoms with E-state index in [0.717, 1.165) is 36.9 Å². The molecule has 1 spiro atoms. The maximum Gasteiger partial charge on any atom is 0.179 e. The number of hydrogen-bond donors (Lipinski definition) is 3. The molecule has 4 rings (SSSR count). The van der Waals surface area contributed by atoms with Crippen molar-refractivity contribution < 1.29 is 4.79 Å². The summed E-state index contributed by atoms with van der Waals surface area (Å²) in [6, 6.07) is 11.1. The molecule has 1 atom stereocenters.